The SMILES string of the molecule is Cc1ccc(C2c3c(nc(=O)[nH]c3N)Oc3c2c(C)nn3-c2ccccc2)cc1. The van der Waals surface area contributed by atoms with Gasteiger partial charge in [-0.25, -0.2) is 9.48 Å². The molecule has 0 radical (unpaired) electrons. The number of rotatable bonds is 2. The van der Waals surface area contributed by atoms with Gasteiger partial charge in [-0.15, -0.1) is 0 Å². The van der Waals surface area contributed by atoms with Crippen molar-refractivity contribution in [3.63, 3.8) is 0 Å². The number of H-pyrrole nitrogens is 1. The predicted octanol–water partition coefficient (Wildman–Crippen LogP) is 3.44. The topological polar surface area (TPSA) is 98.8 Å². The van der Waals surface area contributed by atoms with Gasteiger partial charge in [-0.3, -0.25) is 4.98 Å². The highest BCUT2D eigenvalue weighted by atomic mass is 16.5. The molecule has 7 heteroatoms. The Bertz CT molecular complexity index is 1270. The summed E-state index contributed by atoms with van der Waals surface area (Å²) in [6.45, 7) is 3.99. The number of aryl methyl sites for hydroxylation is 2. The van der Waals surface area contributed by atoms with Crippen LogP contribution in [0.2, 0.25) is 0 Å². The molecular formula is C22H19N5O2. The Hall–Kier alpha value is -3.87. The van der Waals surface area contributed by atoms with Gasteiger partial charge < -0.3 is 10.5 Å². The van der Waals surface area contributed by atoms with E-state index in [2.05, 4.69) is 34.2 Å². The minimum absolute atomic E-state index is 0.210. The maximum atomic E-state index is 12.0. The molecule has 3 heterocycles. The van der Waals surface area contributed by atoms with E-state index < -0.39 is 5.69 Å². The van der Waals surface area contributed by atoms with Gasteiger partial charge in [-0.2, -0.15) is 10.1 Å². The second-order valence-electron chi connectivity index (χ2n) is 7.17. The van der Waals surface area contributed by atoms with Crippen LogP contribution in [0.15, 0.2) is 59.4 Å². The van der Waals surface area contributed by atoms with E-state index in [0.717, 1.165) is 28.1 Å². The highest BCUT2D eigenvalue weighted by molar-refractivity contribution is 5.63. The molecule has 7 nitrogen and oxygen atoms in total. The molecular weight excluding hydrogens is 366 g/mol. The average Bonchev–Trinajstić information content (AvgIpc) is 3.04. The van der Waals surface area contributed by atoms with E-state index in [1.54, 1.807) is 4.68 Å². The van der Waals surface area contributed by atoms with Crippen LogP contribution in [0.3, 0.4) is 0 Å². The van der Waals surface area contributed by atoms with Crippen molar-refractivity contribution in [3.8, 4) is 17.4 Å². The molecule has 4 aromatic rings. The molecule has 1 aliphatic heterocycles. The van der Waals surface area contributed by atoms with Crippen LogP contribution in [0.1, 0.15) is 33.9 Å². The average molecular weight is 385 g/mol. The van der Waals surface area contributed by atoms with E-state index in [1.807, 2.05) is 44.2 Å². The Labute approximate surface area is 166 Å². The smallest absolute Gasteiger partial charge is 0.349 e. The van der Waals surface area contributed by atoms with E-state index in [4.69, 9.17) is 15.6 Å². The van der Waals surface area contributed by atoms with Gasteiger partial charge in [0.15, 0.2) is 0 Å². The van der Waals surface area contributed by atoms with Crippen molar-refractivity contribution in [3.05, 3.63) is 93.0 Å². The largest absolute Gasteiger partial charge is 0.420 e. The third kappa shape index (κ3) is 2.70. The van der Waals surface area contributed by atoms with Crippen LogP contribution in [0, 0.1) is 13.8 Å². The van der Waals surface area contributed by atoms with Crippen molar-refractivity contribution < 1.29 is 4.74 Å². The van der Waals surface area contributed by atoms with Crippen LogP contribution in [0.25, 0.3) is 5.69 Å². The van der Waals surface area contributed by atoms with Gasteiger partial charge in [0.25, 0.3) is 0 Å². The summed E-state index contributed by atoms with van der Waals surface area (Å²) in [5.74, 6) is 0.755. The van der Waals surface area contributed by atoms with Gasteiger partial charge in [0.2, 0.25) is 11.8 Å². The Morgan fingerprint density at radius 3 is 2.48 bits per heavy atom. The summed E-state index contributed by atoms with van der Waals surface area (Å²) >= 11 is 0. The lowest BCUT2D eigenvalue weighted by Crippen LogP contribution is -2.22. The van der Waals surface area contributed by atoms with Crippen LogP contribution in [0.4, 0.5) is 5.82 Å². The lowest BCUT2D eigenvalue weighted by molar-refractivity contribution is 0.401. The van der Waals surface area contributed by atoms with E-state index in [9.17, 15) is 4.79 Å². The lowest BCUT2D eigenvalue weighted by Gasteiger charge is -2.27. The Balaban J connectivity index is 1.81. The Morgan fingerprint density at radius 1 is 1.03 bits per heavy atom. The number of fused-ring (bicyclic) bond motifs is 2. The van der Waals surface area contributed by atoms with Gasteiger partial charge >= 0.3 is 5.69 Å². The molecule has 0 saturated heterocycles. The van der Waals surface area contributed by atoms with E-state index >= 15 is 0 Å². The number of benzene rings is 2. The molecule has 0 saturated carbocycles. The number of nitrogens with two attached hydrogens (primary N) is 1. The highest BCUT2D eigenvalue weighted by Gasteiger charge is 2.37. The molecule has 29 heavy (non-hydrogen) atoms. The standard InChI is InChI=1S/C22H19N5O2/c1-12-8-10-14(11-9-12)17-16-13(2)26-27(15-6-4-3-5-7-15)21(16)29-20-18(17)19(23)24-22(28)25-20/h3-11,17H,1-2H3,(H3,23,24,25,28). The van der Waals surface area contributed by atoms with Crippen LogP contribution in [-0.2, 0) is 0 Å². The Kier molecular flexibility index (Phi) is 3.77. The van der Waals surface area contributed by atoms with Crippen molar-refractivity contribution >= 4 is 5.82 Å². The molecule has 0 amide bonds. The number of ether oxygens (including phenoxy) is 1. The summed E-state index contributed by atoms with van der Waals surface area (Å²) in [7, 11) is 0. The predicted molar refractivity (Wildman–Crippen MR) is 110 cm³/mol. The molecule has 0 bridgehead atoms. The molecule has 0 fully saturated rings. The maximum Gasteiger partial charge on any atom is 0.349 e. The fraction of sp³-hybridized carbons (Fsp3) is 0.136. The number of aromatic nitrogens is 4. The zero-order valence-corrected chi connectivity index (χ0v) is 16.0. The number of nitrogens with zero attached hydrogens (tertiary/aromatic N) is 3. The molecule has 3 N–H and O–H groups in total. The molecule has 0 aliphatic carbocycles. The van der Waals surface area contributed by atoms with Crippen LogP contribution in [0.5, 0.6) is 11.8 Å². The first-order valence-corrected chi connectivity index (χ1v) is 9.32. The number of anilines is 1. The molecule has 144 valence electrons. The molecule has 5 rings (SSSR count). The summed E-state index contributed by atoms with van der Waals surface area (Å²) in [5, 5.41) is 4.73. The number of para-hydroxylation sites is 1. The number of nitrogens with one attached hydrogen (secondary N) is 1. The normalized spacial score (nSPS) is 14.8. The van der Waals surface area contributed by atoms with Crippen molar-refractivity contribution in [1.29, 1.82) is 0 Å². The molecule has 2 aromatic carbocycles. The number of hydrogen-bond donors (Lipinski definition) is 2. The first-order chi connectivity index (χ1) is 14.0. The van der Waals surface area contributed by atoms with Crippen LogP contribution >= 0.6 is 0 Å². The molecule has 1 atom stereocenters. The minimum atomic E-state index is -0.546. The van der Waals surface area contributed by atoms with Gasteiger partial charge in [0.05, 0.1) is 28.4 Å². The lowest BCUT2D eigenvalue weighted by atomic mass is 9.84. The van der Waals surface area contributed by atoms with Gasteiger partial charge in [-0.1, -0.05) is 48.0 Å². The number of hydrogen-bond acceptors (Lipinski definition) is 5. The quantitative estimate of drug-likeness (QED) is 0.485. The highest BCUT2D eigenvalue weighted by Crippen LogP contribution is 2.49. The zero-order chi connectivity index (χ0) is 20.1. The monoisotopic (exact) mass is 385 g/mol. The van der Waals surface area contributed by atoms with E-state index in [0.29, 0.717) is 11.4 Å². The summed E-state index contributed by atoms with van der Waals surface area (Å²) in [5.41, 5.74) is 11.1. The Morgan fingerprint density at radius 2 is 1.76 bits per heavy atom. The zero-order valence-electron chi connectivity index (χ0n) is 16.0. The second kappa shape index (κ2) is 6.34. The minimum Gasteiger partial charge on any atom is -0.420 e. The maximum absolute atomic E-state index is 12.0. The van der Waals surface area contributed by atoms with Gasteiger partial charge in [0.1, 0.15) is 5.82 Å². The van der Waals surface area contributed by atoms with E-state index in [-0.39, 0.29) is 17.6 Å². The molecule has 1 unspecified atom stereocenters. The van der Waals surface area contributed by atoms with Crippen LogP contribution in [-0.4, -0.2) is 19.7 Å². The first kappa shape index (κ1) is 17.2. The van der Waals surface area contributed by atoms with Crippen LogP contribution < -0.4 is 16.2 Å². The number of nitrogen functional groups attached to an aromatic ring is 1. The second-order valence-corrected chi connectivity index (χ2v) is 7.17. The first-order valence-electron chi connectivity index (χ1n) is 9.32. The van der Waals surface area contributed by atoms with Gasteiger partial charge in [-0.05, 0) is 31.5 Å². The fourth-order valence-electron chi connectivity index (χ4n) is 3.86. The molecule has 1 aliphatic rings. The summed E-state index contributed by atoms with van der Waals surface area (Å²) in [4.78, 5) is 18.6. The van der Waals surface area contributed by atoms with E-state index in [1.165, 1.54) is 0 Å². The van der Waals surface area contributed by atoms with Crippen molar-refractivity contribution in [2.75, 3.05) is 5.73 Å². The molecule has 0 spiro atoms. The third-order valence-corrected chi connectivity index (χ3v) is 5.21. The summed E-state index contributed by atoms with van der Waals surface area (Å²) < 4.78 is 7.85. The van der Waals surface area contributed by atoms with Crippen molar-refractivity contribution in [2.45, 2.75) is 19.8 Å². The van der Waals surface area contributed by atoms with Crippen molar-refractivity contribution in [1.82, 2.24) is 19.7 Å². The summed E-state index contributed by atoms with van der Waals surface area (Å²) in [6, 6.07) is 17.9. The molecule has 2 aromatic heterocycles. The third-order valence-electron chi connectivity index (χ3n) is 5.21. The summed E-state index contributed by atoms with van der Waals surface area (Å²) in [6.07, 6.45) is 0. The van der Waals surface area contributed by atoms with Crippen molar-refractivity contribution in [2.24, 2.45) is 0 Å². The fourth-order valence-corrected chi connectivity index (χ4v) is 3.86. The van der Waals surface area contributed by atoms with Gasteiger partial charge in [0, 0.05) is 0 Å². The number of aromatic amines is 1.